The van der Waals surface area contributed by atoms with Crippen molar-refractivity contribution in [3.05, 3.63) is 12.1 Å². The first kappa shape index (κ1) is 22.7. The Kier molecular flexibility index (Phi) is 6.48. The third-order valence-electron chi connectivity index (χ3n) is 3.77. The van der Waals surface area contributed by atoms with Crippen molar-refractivity contribution in [2.45, 2.75) is 35.8 Å². The van der Waals surface area contributed by atoms with Gasteiger partial charge in [0.25, 0.3) is 15.0 Å². The highest BCUT2D eigenvalue weighted by Crippen LogP contribution is 2.41. The lowest BCUT2D eigenvalue weighted by Gasteiger charge is -2.34. The number of carboxylic acids is 2. The lowest BCUT2D eigenvalue weighted by molar-refractivity contribution is -0.144. The molecule has 15 heteroatoms. The van der Waals surface area contributed by atoms with Crippen molar-refractivity contribution >= 4 is 32.2 Å². The van der Waals surface area contributed by atoms with Gasteiger partial charge in [0.05, 0.1) is 0 Å². The molecule has 0 aliphatic heterocycles. The zero-order chi connectivity index (χ0) is 21.2. The van der Waals surface area contributed by atoms with Gasteiger partial charge in [0.2, 0.25) is 0 Å². The van der Waals surface area contributed by atoms with Gasteiger partial charge in [-0.1, -0.05) is 6.42 Å². The van der Waals surface area contributed by atoms with Gasteiger partial charge in [0, 0.05) is 18.6 Å². The van der Waals surface area contributed by atoms with E-state index in [1.54, 1.807) is 0 Å². The minimum Gasteiger partial charge on any atom is -0.494 e. The summed E-state index contributed by atoms with van der Waals surface area (Å²) in [6, 6.07) is 1.26. The van der Waals surface area contributed by atoms with Gasteiger partial charge in [0.1, 0.15) is 5.25 Å². The number of rotatable bonds is 10. The predicted octanol–water partition coefficient (Wildman–Crippen LogP) is -0.574. The summed E-state index contributed by atoms with van der Waals surface area (Å²) in [7, 11) is -11.5. The van der Waals surface area contributed by atoms with Gasteiger partial charge >= 0.3 is 22.1 Å². The minimum absolute atomic E-state index is 0.216. The summed E-state index contributed by atoms with van der Waals surface area (Å²) in [5.74, 6) is -6.25. The Morgan fingerprint density at radius 1 is 1.00 bits per heavy atom. The zero-order valence-corrected chi connectivity index (χ0v) is 15.1. The largest absolute Gasteiger partial charge is 0.494 e. The van der Waals surface area contributed by atoms with Crippen molar-refractivity contribution in [3.8, 4) is 11.8 Å². The lowest BCUT2D eigenvalue weighted by atomic mass is 10.1. The monoisotopic (exact) mass is 431 g/mol. The molecule has 0 aliphatic rings. The van der Waals surface area contributed by atoms with Gasteiger partial charge in [-0.05, 0) is 12.8 Å². The van der Waals surface area contributed by atoms with Crippen LogP contribution in [0.5, 0.6) is 11.8 Å². The highest BCUT2D eigenvalue weighted by molar-refractivity contribution is 7.91. The molecule has 1 aromatic heterocycles. The summed E-state index contributed by atoms with van der Waals surface area (Å²) >= 11 is 0. The maximum absolute atomic E-state index is 12.0. The number of unbranched alkanes of at least 4 members (excludes halogenated alkanes) is 1. The molecule has 13 nitrogen and oxygen atoms in total. The number of aromatic nitrogens is 1. The highest BCUT2D eigenvalue weighted by atomic mass is 32.2. The number of nitrogens with zero attached hydrogens (tertiary/aromatic N) is 1. The number of hydrogen-bond acceptors (Lipinski definition) is 8. The van der Waals surface area contributed by atoms with Crippen LogP contribution in [0, 0.1) is 0 Å². The maximum Gasteiger partial charge on any atom is 0.350 e. The van der Waals surface area contributed by atoms with Gasteiger partial charge in [0.15, 0.2) is 11.8 Å². The second-order valence-corrected chi connectivity index (χ2v) is 8.68. The predicted molar refractivity (Wildman–Crippen MR) is 86.4 cm³/mol. The molecule has 1 rings (SSSR count). The Labute approximate surface area is 153 Å². The molecule has 0 spiro atoms. The molecule has 0 saturated heterocycles. The molecule has 0 amide bonds. The number of aromatic hydroxyl groups is 2. The smallest absolute Gasteiger partial charge is 0.350 e. The molecule has 2 atom stereocenters. The molecule has 1 heterocycles. The average molecular weight is 431 g/mol. The second kappa shape index (κ2) is 7.71. The molecular formula is C12H17NO12S2. The Balaban J connectivity index is 3.73. The Morgan fingerprint density at radius 3 is 1.81 bits per heavy atom. The molecule has 154 valence electrons. The summed E-state index contributed by atoms with van der Waals surface area (Å²) in [6.07, 6.45) is -2.00. The number of carboxylic acid groups (broad SMARTS) is 2. The topological polar surface area (TPSA) is 229 Å². The van der Waals surface area contributed by atoms with Crippen molar-refractivity contribution in [1.82, 2.24) is 4.57 Å². The standard InChI is InChI=1S/C12H17NO12S2/c14-8-5-6-9(15)13(8)12(11(18)19,27(23,24)25)7(26(20,21)22)3-1-2-4-10(16)17/h5-7,14-15H,1-4H2,(H,16,17)(H,18,19)(H,20,21,22)(H,23,24,25). The molecule has 0 aromatic carbocycles. The van der Waals surface area contributed by atoms with E-state index < -0.39 is 66.9 Å². The van der Waals surface area contributed by atoms with E-state index in [9.17, 15) is 50.8 Å². The first-order valence-corrected chi connectivity index (χ1v) is 10.1. The van der Waals surface area contributed by atoms with E-state index in [0.717, 1.165) is 0 Å². The van der Waals surface area contributed by atoms with Crippen LogP contribution in [0.3, 0.4) is 0 Å². The quantitative estimate of drug-likeness (QED) is 0.202. The number of carbonyl (C=O) groups is 2. The number of aliphatic carboxylic acids is 2. The van der Waals surface area contributed by atoms with Gasteiger partial charge in [-0.25, -0.2) is 9.36 Å². The Hall–Kier alpha value is -2.36. The fourth-order valence-electron chi connectivity index (χ4n) is 2.68. The Morgan fingerprint density at radius 2 is 1.48 bits per heavy atom. The van der Waals surface area contributed by atoms with Crippen LogP contribution in [0.1, 0.15) is 25.7 Å². The van der Waals surface area contributed by atoms with Gasteiger partial charge in [-0.15, -0.1) is 0 Å². The van der Waals surface area contributed by atoms with Crippen molar-refractivity contribution in [2.75, 3.05) is 0 Å². The second-order valence-electron chi connectivity index (χ2n) is 5.50. The van der Waals surface area contributed by atoms with Crippen LogP contribution in [0.4, 0.5) is 0 Å². The molecule has 2 unspecified atom stereocenters. The van der Waals surface area contributed by atoms with Gasteiger partial charge in [-0.2, -0.15) is 16.8 Å². The van der Waals surface area contributed by atoms with Gasteiger partial charge < -0.3 is 20.4 Å². The molecular weight excluding hydrogens is 414 g/mol. The first-order chi connectivity index (χ1) is 12.2. The van der Waals surface area contributed by atoms with Crippen molar-refractivity contribution in [1.29, 1.82) is 0 Å². The van der Waals surface area contributed by atoms with E-state index in [2.05, 4.69) is 0 Å². The van der Waals surface area contributed by atoms with E-state index in [1.165, 1.54) is 0 Å². The molecule has 0 bridgehead atoms. The van der Waals surface area contributed by atoms with Crippen LogP contribution in [-0.2, 0) is 34.7 Å². The average Bonchev–Trinajstić information content (AvgIpc) is 2.79. The van der Waals surface area contributed by atoms with Crippen molar-refractivity contribution in [2.24, 2.45) is 0 Å². The number of hydrogen-bond donors (Lipinski definition) is 6. The van der Waals surface area contributed by atoms with Crippen molar-refractivity contribution < 1.29 is 56.0 Å². The van der Waals surface area contributed by atoms with Crippen LogP contribution in [0.25, 0.3) is 0 Å². The molecule has 1 aromatic rings. The van der Waals surface area contributed by atoms with Gasteiger partial charge in [-0.3, -0.25) is 13.9 Å². The summed E-state index contributed by atoms with van der Waals surface area (Å²) in [6.45, 7) is 0. The maximum atomic E-state index is 12.0. The summed E-state index contributed by atoms with van der Waals surface area (Å²) in [5, 5.41) is 34.8. The third kappa shape index (κ3) is 4.32. The van der Waals surface area contributed by atoms with Crippen LogP contribution < -0.4 is 0 Å². The zero-order valence-electron chi connectivity index (χ0n) is 13.5. The highest BCUT2D eigenvalue weighted by Gasteiger charge is 2.64. The summed E-state index contributed by atoms with van der Waals surface area (Å²) in [4.78, 5) is 18.4. The van der Waals surface area contributed by atoms with Crippen LogP contribution in [0.15, 0.2) is 12.1 Å². The summed E-state index contributed by atoms with van der Waals surface area (Å²) in [5.41, 5.74) is 0. The van der Waals surface area contributed by atoms with E-state index >= 15 is 0 Å². The minimum atomic E-state index is -5.94. The lowest BCUT2D eigenvalue weighted by Crippen LogP contribution is -2.59. The third-order valence-corrected chi connectivity index (χ3v) is 6.65. The molecule has 0 radical (unpaired) electrons. The van der Waals surface area contributed by atoms with E-state index in [4.69, 9.17) is 5.11 Å². The first-order valence-electron chi connectivity index (χ1n) is 7.16. The Bertz CT molecular complexity index is 912. The molecule has 6 N–H and O–H groups in total. The van der Waals surface area contributed by atoms with E-state index in [-0.39, 0.29) is 17.4 Å². The normalized spacial score (nSPS) is 15.8. The van der Waals surface area contributed by atoms with Crippen molar-refractivity contribution in [3.63, 3.8) is 0 Å². The summed E-state index contributed by atoms with van der Waals surface area (Å²) < 4.78 is 66.3. The van der Waals surface area contributed by atoms with E-state index in [0.29, 0.717) is 12.1 Å². The molecule has 0 fully saturated rings. The fraction of sp³-hybridized carbons (Fsp3) is 0.500. The molecule has 0 saturated carbocycles. The van der Waals surface area contributed by atoms with E-state index in [1.807, 2.05) is 0 Å². The van der Waals surface area contributed by atoms with Crippen LogP contribution >= 0.6 is 0 Å². The fourth-order valence-corrected chi connectivity index (χ4v) is 5.57. The SMILES string of the molecule is O=C(O)CCCCC(C(C(=O)O)(n1c(O)ccc1O)S(=O)(=O)O)S(=O)(=O)O. The van der Waals surface area contributed by atoms with Crippen LogP contribution in [-0.4, -0.2) is 68.1 Å². The molecule has 27 heavy (non-hydrogen) atoms. The van der Waals surface area contributed by atoms with Crippen LogP contribution in [0.2, 0.25) is 0 Å². The molecule has 0 aliphatic carbocycles.